The Morgan fingerprint density at radius 2 is 1.76 bits per heavy atom. The molecule has 34 heavy (non-hydrogen) atoms. The van der Waals surface area contributed by atoms with Crippen molar-refractivity contribution in [3.8, 4) is 11.4 Å². The van der Waals surface area contributed by atoms with Gasteiger partial charge in [-0.3, -0.25) is 9.89 Å². The molecule has 2 unspecified atom stereocenters. The van der Waals surface area contributed by atoms with Crippen molar-refractivity contribution in [1.29, 1.82) is 0 Å². The van der Waals surface area contributed by atoms with E-state index < -0.39 is 24.0 Å². The molecule has 2 heterocycles. The van der Waals surface area contributed by atoms with Crippen LogP contribution in [0.15, 0.2) is 65.1 Å². The normalized spacial score (nSPS) is 26.4. The Kier molecular flexibility index (Phi) is 5.22. The zero-order chi connectivity index (χ0) is 24.4. The zero-order valence-corrected chi connectivity index (χ0v) is 20.0. The number of aromatic amines is 1. The Hall–Kier alpha value is -3.29. The van der Waals surface area contributed by atoms with E-state index in [1.165, 1.54) is 4.68 Å². The van der Waals surface area contributed by atoms with Gasteiger partial charge in [0.25, 0.3) is 5.56 Å². The smallest absolute Gasteiger partial charge is 0.274 e. The minimum atomic E-state index is -1.18. The molecule has 2 aromatic carbocycles. The molecule has 1 fully saturated rings. The largest absolute Gasteiger partial charge is 0.851 e. The minimum Gasteiger partial charge on any atom is -0.851 e. The molecule has 2 aliphatic rings. The van der Waals surface area contributed by atoms with Gasteiger partial charge >= 0.3 is 0 Å². The lowest BCUT2D eigenvalue weighted by Gasteiger charge is -2.60. The van der Waals surface area contributed by atoms with Gasteiger partial charge in [-0.2, -0.15) is 0 Å². The van der Waals surface area contributed by atoms with Crippen molar-refractivity contribution < 1.29 is 14.9 Å². The van der Waals surface area contributed by atoms with Crippen molar-refractivity contribution in [1.82, 2.24) is 9.78 Å². The summed E-state index contributed by atoms with van der Waals surface area (Å²) in [5, 5.41) is 29.7. The molecular formula is C27H29N3O4-2. The van der Waals surface area contributed by atoms with Gasteiger partial charge in [0.1, 0.15) is 5.75 Å². The van der Waals surface area contributed by atoms with Crippen molar-refractivity contribution in [3.63, 3.8) is 0 Å². The summed E-state index contributed by atoms with van der Waals surface area (Å²) in [6.07, 6.45) is -0.511. The number of allylic oxidation sites excluding steroid dienone is 1. The fraction of sp³-hybridized carbons (Fsp3) is 0.370. The molecule has 1 aromatic heterocycles. The number of nitrogens with one attached hydrogen (secondary N) is 1. The second-order valence-corrected chi connectivity index (χ2v) is 9.78. The molecular weight excluding hydrogens is 430 g/mol. The Labute approximate surface area is 198 Å². The highest BCUT2D eigenvalue weighted by molar-refractivity contribution is 5.71. The Morgan fingerprint density at radius 3 is 2.41 bits per heavy atom. The lowest BCUT2D eigenvalue weighted by Crippen LogP contribution is -2.65. The third kappa shape index (κ3) is 3.15. The van der Waals surface area contributed by atoms with Crippen LogP contribution in [0.2, 0.25) is 0 Å². The first-order chi connectivity index (χ1) is 16.2. The highest BCUT2D eigenvalue weighted by Crippen LogP contribution is 2.50. The standard InChI is InChI=1S/C27H29N3O4/c1-15-22(26(33)30(28-15)16-9-7-6-8-10-16)23-24(31)18(25(23)32)14-21-27(2,3)19-13-17(34-5)11-12-20(19)29(21)4/h6-14,18,23-25,28H,1-5H3/q-2. The Bertz CT molecular complexity index is 1310. The number of hydrogen-bond acceptors (Lipinski definition) is 5. The van der Waals surface area contributed by atoms with E-state index in [1.807, 2.05) is 66.6 Å². The maximum Gasteiger partial charge on any atom is 0.274 e. The average Bonchev–Trinajstić information content (AvgIpc) is 3.22. The first kappa shape index (κ1) is 22.5. The second-order valence-electron chi connectivity index (χ2n) is 9.78. The average molecular weight is 460 g/mol. The lowest BCUT2D eigenvalue weighted by atomic mass is 9.65. The first-order valence-electron chi connectivity index (χ1n) is 11.5. The van der Waals surface area contributed by atoms with Gasteiger partial charge in [-0.15, -0.1) is 12.2 Å². The molecule has 0 amide bonds. The van der Waals surface area contributed by atoms with Crippen molar-refractivity contribution >= 4 is 5.69 Å². The van der Waals surface area contributed by atoms with E-state index in [2.05, 4.69) is 18.9 Å². The molecule has 7 nitrogen and oxygen atoms in total. The third-order valence-electron chi connectivity index (χ3n) is 7.52. The van der Waals surface area contributed by atoms with Crippen LogP contribution >= 0.6 is 0 Å². The van der Waals surface area contributed by atoms with Crippen molar-refractivity contribution in [2.24, 2.45) is 5.92 Å². The highest BCUT2D eigenvalue weighted by Gasteiger charge is 2.44. The van der Waals surface area contributed by atoms with Crippen LogP contribution in [-0.2, 0) is 5.41 Å². The van der Waals surface area contributed by atoms with Crippen LogP contribution in [0.3, 0.4) is 0 Å². The molecule has 178 valence electrons. The molecule has 1 saturated carbocycles. The SMILES string of the molecule is COc1ccc2c(c1)C(C)(C)C(=CC1C([O-])C(c3c(C)[nH]n(-c4ccccc4)c3=O)C1[O-])N2C. The van der Waals surface area contributed by atoms with Crippen LogP contribution in [0, 0.1) is 12.8 Å². The summed E-state index contributed by atoms with van der Waals surface area (Å²) >= 11 is 0. The fourth-order valence-electron chi connectivity index (χ4n) is 5.56. The molecule has 1 aliphatic carbocycles. The number of anilines is 1. The topological polar surface area (TPSA) is 96.4 Å². The molecule has 5 rings (SSSR count). The van der Waals surface area contributed by atoms with Gasteiger partial charge in [-0.05, 0) is 54.7 Å². The second kappa shape index (κ2) is 7.89. The number of nitrogens with zero attached hydrogens (tertiary/aromatic N) is 2. The summed E-state index contributed by atoms with van der Waals surface area (Å²) in [5.41, 5.74) is 3.90. The van der Waals surface area contributed by atoms with E-state index in [9.17, 15) is 15.0 Å². The number of fused-ring (bicyclic) bond motifs is 1. The van der Waals surface area contributed by atoms with Crippen LogP contribution in [0.5, 0.6) is 5.75 Å². The van der Waals surface area contributed by atoms with Crippen LogP contribution in [0.1, 0.15) is 36.6 Å². The molecule has 1 aliphatic heterocycles. The van der Waals surface area contributed by atoms with E-state index in [0.717, 1.165) is 22.7 Å². The van der Waals surface area contributed by atoms with Crippen molar-refractivity contribution in [3.05, 3.63) is 87.5 Å². The molecule has 0 saturated heterocycles. The van der Waals surface area contributed by atoms with Gasteiger partial charge in [-0.1, -0.05) is 38.1 Å². The van der Waals surface area contributed by atoms with Crippen LogP contribution in [0.25, 0.3) is 5.69 Å². The lowest BCUT2D eigenvalue weighted by molar-refractivity contribution is -0.543. The number of H-pyrrole nitrogens is 1. The van der Waals surface area contributed by atoms with Gasteiger partial charge < -0.3 is 19.8 Å². The molecule has 0 radical (unpaired) electrons. The fourth-order valence-corrected chi connectivity index (χ4v) is 5.56. The highest BCUT2D eigenvalue weighted by atomic mass is 16.5. The summed E-state index contributed by atoms with van der Waals surface area (Å²) in [6.45, 7) is 5.93. The summed E-state index contributed by atoms with van der Waals surface area (Å²) < 4.78 is 6.81. The van der Waals surface area contributed by atoms with E-state index in [4.69, 9.17) is 4.74 Å². The van der Waals surface area contributed by atoms with E-state index in [1.54, 1.807) is 14.0 Å². The predicted molar refractivity (Wildman–Crippen MR) is 127 cm³/mol. The number of methoxy groups -OCH3 is 1. The predicted octanol–water partition coefficient (Wildman–Crippen LogP) is 1.97. The molecule has 7 heteroatoms. The van der Waals surface area contributed by atoms with E-state index in [-0.39, 0.29) is 11.0 Å². The maximum atomic E-state index is 13.3. The summed E-state index contributed by atoms with van der Waals surface area (Å²) in [7, 11) is 3.59. The van der Waals surface area contributed by atoms with Crippen LogP contribution in [-0.4, -0.2) is 36.1 Å². The number of ether oxygens (including phenoxy) is 1. The quantitative estimate of drug-likeness (QED) is 0.644. The molecule has 2 atom stereocenters. The van der Waals surface area contributed by atoms with Crippen LogP contribution in [0.4, 0.5) is 5.69 Å². The Balaban J connectivity index is 1.46. The zero-order valence-electron chi connectivity index (χ0n) is 20.0. The number of hydrogen-bond donors (Lipinski definition) is 1. The first-order valence-corrected chi connectivity index (χ1v) is 11.5. The number of aromatic nitrogens is 2. The van der Waals surface area contributed by atoms with Gasteiger partial charge in [0.15, 0.2) is 0 Å². The van der Waals surface area contributed by atoms with Crippen molar-refractivity contribution in [2.45, 2.75) is 44.3 Å². The molecule has 1 N–H and O–H groups in total. The molecule has 0 spiro atoms. The van der Waals surface area contributed by atoms with Crippen molar-refractivity contribution in [2.75, 3.05) is 19.1 Å². The van der Waals surface area contributed by atoms with Gasteiger partial charge in [0.2, 0.25) is 0 Å². The monoisotopic (exact) mass is 459 g/mol. The summed E-state index contributed by atoms with van der Waals surface area (Å²) in [4.78, 5) is 15.2. The minimum absolute atomic E-state index is 0.311. The van der Waals surface area contributed by atoms with E-state index >= 15 is 0 Å². The number of para-hydroxylation sites is 1. The number of rotatable bonds is 4. The molecule has 0 bridgehead atoms. The van der Waals surface area contributed by atoms with Gasteiger partial charge in [-0.25, -0.2) is 4.68 Å². The number of benzene rings is 2. The summed E-state index contributed by atoms with van der Waals surface area (Å²) in [5.74, 6) is -0.795. The molecule has 3 aromatic rings. The maximum absolute atomic E-state index is 13.3. The number of aryl methyl sites for hydroxylation is 1. The number of likely N-dealkylation sites (N-methyl/N-ethyl adjacent to an activating group) is 1. The van der Waals surface area contributed by atoms with Crippen LogP contribution < -0.4 is 25.4 Å². The van der Waals surface area contributed by atoms with E-state index in [0.29, 0.717) is 16.9 Å². The van der Waals surface area contributed by atoms with Gasteiger partial charge in [0, 0.05) is 35.1 Å². The Morgan fingerprint density at radius 1 is 1.09 bits per heavy atom. The third-order valence-corrected chi connectivity index (χ3v) is 7.52. The summed E-state index contributed by atoms with van der Waals surface area (Å²) in [6, 6.07) is 15.1. The van der Waals surface area contributed by atoms with Gasteiger partial charge in [0.05, 0.1) is 12.8 Å².